The first kappa shape index (κ1) is 12.7. The lowest BCUT2D eigenvalue weighted by Crippen LogP contribution is -2.36. The second kappa shape index (κ2) is 6.99. The summed E-state index contributed by atoms with van der Waals surface area (Å²) >= 11 is 1.80. The number of hydrogen-bond acceptors (Lipinski definition) is 3. The van der Waals surface area contributed by atoms with Gasteiger partial charge in [0.2, 0.25) is 0 Å². The molecule has 1 rings (SSSR count). The number of nitrogens with two attached hydrogens (primary N) is 1. The van der Waals surface area contributed by atoms with E-state index < -0.39 is 0 Å². The van der Waals surface area contributed by atoms with Gasteiger partial charge in [-0.05, 0) is 37.6 Å². The van der Waals surface area contributed by atoms with Crippen molar-refractivity contribution < 1.29 is 4.74 Å². The van der Waals surface area contributed by atoms with E-state index in [1.165, 1.54) is 4.88 Å². The Kier molecular flexibility index (Phi) is 5.91. The smallest absolute Gasteiger partial charge is 0.0723 e. The molecule has 2 unspecified atom stereocenters. The van der Waals surface area contributed by atoms with Gasteiger partial charge < -0.3 is 10.5 Å². The Balaban J connectivity index is 2.30. The quantitative estimate of drug-likeness (QED) is 0.777. The van der Waals surface area contributed by atoms with Crippen molar-refractivity contribution in [2.75, 3.05) is 6.61 Å². The van der Waals surface area contributed by atoms with Gasteiger partial charge in [-0.2, -0.15) is 0 Å². The van der Waals surface area contributed by atoms with Crippen molar-refractivity contribution in [3.8, 4) is 0 Å². The van der Waals surface area contributed by atoms with Crippen LogP contribution in [-0.4, -0.2) is 18.8 Å². The SMILES string of the molecule is CCOC(CC)C(N)CCc1cccs1. The van der Waals surface area contributed by atoms with E-state index in [2.05, 4.69) is 24.4 Å². The van der Waals surface area contributed by atoms with Gasteiger partial charge in [0, 0.05) is 17.5 Å². The minimum absolute atomic E-state index is 0.164. The lowest BCUT2D eigenvalue weighted by Gasteiger charge is -2.22. The minimum atomic E-state index is 0.164. The normalized spacial score (nSPS) is 15.1. The summed E-state index contributed by atoms with van der Waals surface area (Å²) in [7, 11) is 0. The fourth-order valence-corrected chi connectivity index (χ4v) is 2.43. The summed E-state index contributed by atoms with van der Waals surface area (Å²) in [6.07, 6.45) is 3.30. The summed E-state index contributed by atoms with van der Waals surface area (Å²) in [4.78, 5) is 1.41. The van der Waals surface area contributed by atoms with Crippen LogP contribution in [0.15, 0.2) is 17.5 Å². The largest absolute Gasteiger partial charge is 0.377 e. The highest BCUT2D eigenvalue weighted by Gasteiger charge is 2.15. The van der Waals surface area contributed by atoms with E-state index in [1.807, 2.05) is 6.92 Å². The van der Waals surface area contributed by atoms with Gasteiger partial charge in [-0.25, -0.2) is 0 Å². The zero-order valence-electron chi connectivity index (χ0n) is 9.61. The summed E-state index contributed by atoms with van der Waals surface area (Å²) in [5.41, 5.74) is 6.11. The highest BCUT2D eigenvalue weighted by Crippen LogP contribution is 2.14. The summed E-state index contributed by atoms with van der Waals surface area (Å²) in [5, 5.41) is 2.11. The third-order valence-electron chi connectivity index (χ3n) is 2.56. The zero-order valence-corrected chi connectivity index (χ0v) is 10.4. The highest BCUT2D eigenvalue weighted by molar-refractivity contribution is 7.09. The van der Waals surface area contributed by atoms with Gasteiger partial charge in [0.15, 0.2) is 0 Å². The molecule has 0 saturated heterocycles. The Labute approximate surface area is 96.4 Å². The van der Waals surface area contributed by atoms with Crippen molar-refractivity contribution in [1.82, 2.24) is 0 Å². The van der Waals surface area contributed by atoms with Crippen molar-refractivity contribution in [3.63, 3.8) is 0 Å². The van der Waals surface area contributed by atoms with Gasteiger partial charge in [0.1, 0.15) is 0 Å². The second-order valence-corrected chi connectivity index (χ2v) is 4.72. The molecule has 0 aliphatic heterocycles. The van der Waals surface area contributed by atoms with Crippen LogP contribution in [0.2, 0.25) is 0 Å². The van der Waals surface area contributed by atoms with Gasteiger partial charge in [0.25, 0.3) is 0 Å². The van der Waals surface area contributed by atoms with Crippen molar-refractivity contribution >= 4 is 11.3 Å². The number of aryl methyl sites for hydroxylation is 1. The van der Waals surface area contributed by atoms with E-state index in [9.17, 15) is 0 Å². The zero-order chi connectivity index (χ0) is 11.1. The molecule has 0 amide bonds. The lowest BCUT2D eigenvalue weighted by atomic mass is 10.0. The van der Waals surface area contributed by atoms with Crippen LogP contribution in [0.25, 0.3) is 0 Å². The second-order valence-electron chi connectivity index (χ2n) is 3.68. The monoisotopic (exact) mass is 227 g/mol. The number of ether oxygens (including phenoxy) is 1. The molecule has 15 heavy (non-hydrogen) atoms. The Bertz CT molecular complexity index is 248. The Morgan fingerprint density at radius 1 is 1.47 bits per heavy atom. The van der Waals surface area contributed by atoms with Crippen LogP contribution in [0.5, 0.6) is 0 Å². The molecule has 2 atom stereocenters. The van der Waals surface area contributed by atoms with E-state index in [1.54, 1.807) is 11.3 Å². The fraction of sp³-hybridized carbons (Fsp3) is 0.667. The molecule has 86 valence electrons. The maximum atomic E-state index is 6.11. The number of hydrogen-bond donors (Lipinski definition) is 1. The Hall–Kier alpha value is -0.380. The molecule has 1 aromatic rings. The van der Waals surface area contributed by atoms with E-state index in [0.29, 0.717) is 0 Å². The molecule has 2 nitrogen and oxygen atoms in total. The number of rotatable bonds is 7. The van der Waals surface area contributed by atoms with Gasteiger partial charge in [-0.1, -0.05) is 13.0 Å². The van der Waals surface area contributed by atoms with Crippen LogP contribution >= 0.6 is 11.3 Å². The van der Waals surface area contributed by atoms with Gasteiger partial charge in [-0.3, -0.25) is 0 Å². The average Bonchev–Trinajstić information content (AvgIpc) is 2.75. The first-order chi connectivity index (χ1) is 7.27. The van der Waals surface area contributed by atoms with Crippen molar-refractivity contribution in [2.24, 2.45) is 5.73 Å². The van der Waals surface area contributed by atoms with Crippen LogP contribution in [0.1, 0.15) is 31.6 Å². The van der Waals surface area contributed by atoms with E-state index in [0.717, 1.165) is 25.9 Å². The van der Waals surface area contributed by atoms with Gasteiger partial charge in [-0.15, -0.1) is 11.3 Å². The molecule has 0 aliphatic rings. The number of thiophene rings is 1. The van der Waals surface area contributed by atoms with Crippen LogP contribution in [0.3, 0.4) is 0 Å². The standard InChI is InChI=1S/C12H21NOS/c1-3-12(14-4-2)11(13)8-7-10-6-5-9-15-10/h5-6,9,11-12H,3-4,7-8,13H2,1-2H3. The van der Waals surface area contributed by atoms with E-state index in [4.69, 9.17) is 10.5 Å². The van der Waals surface area contributed by atoms with Crippen LogP contribution in [0.4, 0.5) is 0 Å². The molecular weight excluding hydrogens is 206 g/mol. The van der Waals surface area contributed by atoms with Crippen LogP contribution < -0.4 is 5.73 Å². The first-order valence-electron chi connectivity index (χ1n) is 5.67. The van der Waals surface area contributed by atoms with Gasteiger partial charge >= 0.3 is 0 Å². The summed E-state index contributed by atoms with van der Waals surface area (Å²) in [6.45, 7) is 4.91. The topological polar surface area (TPSA) is 35.2 Å². The molecule has 0 bridgehead atoms. The van der Waals surface area contributed by atoms with Crippen LogP contribution in [0, 0.1) is 0 Å². The van der Waals surface area contributed by atoms with Gasteiger partial charge in [0.05, 0.1) is 6.10 Å². The van der Waals surface area contributed by atoms with E-state index >= 15 is 0 Å². The highest BCUT2D eigenvalue weighted by atomic mass is 32.1. The molecule has 2 N–H and O–H groups in total. The molecule has 0 spiro atoms. The molecule has 0 radical (unpaired) electrons. The van der Waals surface area contributed by atoms with Crippen LogP contribution in [-0.2, 0) is 11.2 Å². The molecule has 0 aromatic carbocycles. The summed E-state index contributed by atoms with van der Waals surface area (Å²) < 4.78 is 5.60. The predicted molar refractivity (Wildman–Crippen MR) is 66.3 cm³/mol. The molecule has 1 aromatic heterocycles. The molecule has 1 heterocycles. The fourth-order valence-electron chi connectivity index (χ4n) is 1.71. The molecular formula is C12H21NOS. The maximum Gasteiger partial charge on any atom is 0.0723 e. The first-order valence-corrected chi connectivity index (χ1v) is 6.55. The lowest BCUT2D eigenvalue weighted by molar-refractivity contribution is 0.0398. The van der Waals surface area contributed by atoms with E-state index in [-0.39, 0.29) is 12.1 Å². The van der Waals surface area contributed by atoms with Crippen molar-refractivity contribution in [2.45, 2.75) is 45.3 Å². The molecule has 0 saturated carbocycles. The molecule has 0 aliphatic carbocycles. The summed E-state index contributed by atoms with van der Waals surface area (Å²) in [5.74, 6) is 0. The average molecular weight is 227 g/mol. The maximum absolute atomic E-state index is 6.11. The minimum Gasteiger partial charge on any atom is -0.377 e. The molecule has 0 fully saturated rings. The Morgan fingerprint density at radius 2 is 2.27 bits per heavy atom. The van der Waals surface area contributed by atoms with Crippen molar-refractivity contribution in [3.05, 3.63) is 22.4 Å². The third kappa shape index (κ3) is 4.33. The van der Waals surface area contributed by atoms with Crippen molar-refractivity contribution in [1.29, 1.82) is 0 Å². The molecule has 3 heteroatoms. The predicted octanol–water partition coefficient (Wildman–Crippen LogP) is 2.82. The summed E-state index contributed by atoms with van der Waals surface area (Å²) in [6, 6.07) is 4.42. The Morgan fingerprint density at radius 3 is 2.80 bits per heavy atom. The third-order valence-corrected chi connectivity index (χ3v) is 3.50.